The fraction of sp³-hybridized carbons (Fsp3) is 0.462. The predicted molar refractivity (Wildman–Crippen MR) is 74.7 cm³/mol. The van der Waals surface area contributed by atoms with E-state index in [9.17, 15) is 14.9 Å². The molecule has 0 unspecified atom stereocenters. The molecule has 0 aliphatic heterocycles. The highest BCUT2D eigenvalue weighted by Crippen LogP contribution is 2.27. The van der Waals surface area contributed by atoms with Crippen LogP contribution in [0.2, 0.25) is 0 Å². The van der Waals surface area contributed by atoms with Gasteiger partial charge in [-0.1, -0.05) is 0 Å². The largest absolute Gasteiger partial charge is 0.465 e. The second-order valence-corrected chi connectivity index (χ2v) is 4.46. The van der Waals surface area contributed by atoms with Crippen LogP contribution in [0.1, 0.15) is 26.3 Å². The topological polar surface area (TPSA) is 109 Å². The van der Waals surface area contributed by atoms with E-state index in [-0.39, 0.29) is 36.3 Å². The minimum atomic E-state index is -0.621. The molecule has 0 atom stereocenters. The van der Waals surface area contributed by atoms with Gasteiger partial charge in [0.2, 0.25) is 5.82 Å². The summed E-state index contributed by atoms with van der Waals surface area (Å²) in [5.41, 5.74) is -0.225. The number of aromatic nitrogens is 1. The van der Waals surface area contributed by atoms with Crippen molar-refractivity contribution in [1.82, 2.24) is 4.98 Å². The van der Waals surface area contributed by atoms with Gasteiger partial charge >= 0.3 is 11.7 Å². The summed E-state index contributed by atoms with van der Waals surface area (Å²) in [5.74, 6) is -0.450. The maximum absolute atomic E-state index is 11.6. The number of ether oxygens (including phenoxy) is 1. The summed E-state index contributed by atoms with van der Waals surface area (Å²) >= 11 is 0. The monoisotopic (exact) mass is 292 g/mol. The van der Waals surface area contributed by atoms with Crippen molar-refractivity contribution in [3.05, 3.63) is 27.9 Å². The van der Waals surface area contributed by atoms with Gasteiger partial charge in [-0.25, -0.2) is 4.98 Å². The van der Waals surface area contributed by atoms with E-state index in [1.807, 2.05) is 0 Å². The highest BCUT2D eigenvalue weighted by Gasteiger charge is 2.26. The van der Waals surface area contributed by atoms with Crippen molar-refractivity contribution in [2.24, 2.45) is 0 Å². The van der Waals surface area contributed by atoms with Crippen LogP contribution in [0.3, 0.4) is 0 Å². The molecule has 0 amide bonds. The van der Waals surface area contributed by atoms with Crippen LogP contribution in [-0.4, -0.2) is 35.1 Å². The molecule has 1 heterocycles. The fourth-order valence-corrected chi connectivity index (χ4v) is 1.71. The van der Waals surface area contributed by atoms with E-state index in [2.05, 4.69) is 4.98 Å². The molecule has 0 N–H and O–H groups in total. The van der Waals surface area contributed by atoms with Gasteiger partial charge in [0.15, 0.2) is 0 Å². The summed E-state index contributed by atoms with van der Waals surface area (Å²) in [5, 5.41) is 19.9. The summed E-state index contributed by atoms with van der Waals surface area (Å²) < 4.78 is 4.86. The van der Waals surface area contributed by atoms with Gasteiger partial charge in [-0.3, -0.25) is 14.9 Å². The second kappa shape index (κ2) is 7.19. The lowest BCUT2D eigenvalue weighted by atomic mass is 10.2. The highest BCUT2D eigenvalue weighted by atomic mass is 16.6. The van der Waals surface area contributed by atoms with Gasteiger partial charge in [-0.15, -0.1) is 0 Å². The molecule has 1 aromatic rings. The molecule has 0 bridgehead atoms. The standard InChI is InChI=1S/C13H16N4O4/c1-4-21-12(18)8-16(9(2)3)13-11(17(19)20)5-10(6-14)7-15-13/h5,7,9H,4,8H2,1-3H3. The number of rotatable bonds is 6. The maximum Gasteiger partial charge on any atom is 0.325 e. The zero-order valence-corrected chi connectivity index (χ0v) is 12.1. The van der Waals surface area contributed by atoms with Crippen molar-refractivity contribution in [2.45, 2.75) is 26.8 Å². The molecule has 0 radical (unpaired) electrons. The van der Waals surface area contributed by atoms with Gasteiger partial charge in [0, 0.05) is 18.3 Å². The smallest absolute Gasteiger partial charge is 0.325 e. The van der Waals surface area contributed by atoms with Crippen molar-refractivity contribution in [3.63, 3.8) is 0 Å². The molecule has 0 aliphatic rings. The van der Waals surface area contributed by atoms with Crippen LogP contribution in [0.25, 0.3) is 0 Å². The zero-order chi connectivity index (χ0) is 16.0. The molecule has 112 valence electrons. The average Bonchev–Trinajstić information content (AvgIpc) is 2.44. The van der Waals surface area contributed by atoms with Crippen LogP contribution in [0.15, 0.2) is 12.3 Å². The Labute approximate surface area is 122 Å². The Bertz CT molecular complexity index is 580. The normalized spacial score (nSPS) is 10.0. The van der Waals surface area contributed by atoms with Crippen LogP contribution >= 0.6 is 0 Å². The van der Waals surface area contributed by atoms with Crippen LogP contribution in [-0.2, 0) is 9.53 Å². The number of carbonyl (C=O) groups excluding carboxylic acids is 1. The molecule has 1 aromatic heterocycles. The molecule has 21 heavy (non-hydrogen) atoms. The van der Waals surface area contributed by atoms with E-state index < -0.39 is 10.9 Å². The Balaban J connectivity index is 3.22. The number of nitrogens with zero attached hydrogens (tertiary/aromatic N) is 4. The third-order valence-electron chi connectivity index (χ3n) is 2.67. The first-order valence-corrected chi connectivity index (χ1v) is 6.37. The van der Waals surface area contributed by atoms with Gasteiger partial charge in [0.1, 0.15) is 12.6 Å². The predicted octanol–water partition coefficient (Wildman–Crippen LogP) is 1.64. The van der Waals surface area contributed by atoms with E-state index in [0.717, 1.165) is 6.07 Å². The number of anilines is 1. The SMILES string of the molecule is CCOC(=O)CN(c1ncc(C#N)cc1[N+](=O)[O-])C(C)C. The van der Waals surface area contributed by atoms with Gasteiger partial charge in [0.25, 0.3) is 0 Å². The van der Waals surface area contributed by atoms with E-state index in [4.69, 9.17) is 10.00 Å². The van der Waals surface area contributed by atoms with Crippen molar-refractivity contribution in [1.29, 1.82) is 5.26 Å². The molecule has 8 heteroatoms. The molecule has 0 fully saturated rings. The van der Waals surface area contributed by atoms with Gasteiger partial charge in [0.05, 0.1) is 17.1 Å². The number of hydrogen-bond acceptors (Lipinski definition) is 7. The third kappa shape index (κ3) is 4.14. The Morgan fingerprint density at radius 1 is 1.62 bits per heavy atom. The summed E-state index contributed by atoms with van der Waals surface area (Å²) in [6.45, 7) is 5.32. The second-order valence-electron chi connectivity index (χ2n) is 4.46. The molecule has 0 saturated carbocycles. The first kappa shape index (κ1) is 16.4. The number of nitriles is 1. The minimum absolute atomic E-state index is 0.0436. The number of carbonyl (C=O) groups is 1. The summed E-state index contributed by atoms with van der Waals surface area (Å²) in [6, 6.07) is 2.74. The maximum atomic E-state index is 11.6. The van der Waals surface area contributed by atoms with Crippen LogP contribution in [0.4, 0.5) is 11.5 Å². The minimum Gasteiger partial charge on any atom is -0.465 e. The van der Waals surface area contributed by atoms with Crippen molar-refractivity contribution in [3.8, 4) is 6.07 Å². The first-order chi connectivity index (χ1) is 9.90. The Morgan fingerprint density at radius 2 is 2.29 bits per heavy atom. The fourth-order valence-electron chi connectivity index (χ4n) is 1.71. The molecule has 8 nitrogen and oxygen atoms in total. The van der Waals surface area contributed by atoms with Crippen molar-refractivity contribution >= 4 is 17.5 Å². The Hall–Kier alpha value is -2.69. The summed E-state index contributed by atoms with van der Waals surface area (Å²) in [4.78, 5) is 27.6. The van der Waals surface area contributed by atoms with Gasteiger partial charge in [-0.05, 0) is 20.8 Å². The average molecular weight is 292 g/mol. The Morgan fingerprint density at radius 3 is 2.76 bits per heavy atom. The highest BCUT2D eigenvalue weighted by molar-refractivity contribution is 5.77. The number of pyridine rings is 1. The number of nitro groups is 1. The van der Waals surface area contributed by atoms with Crippen LogP contribution in [0, 0.1) is 21.4 Å². The van der Waals surface area contributed by atoms with Crippen molar-refractivity contribution < 1.29 is 14.5 Å². The Kier molecular flexibility index (Phi) is 5.60. The number of hydrogen-bond donors (Lipinski definition) is 0. The van der Waals surface area contributed by atoms with Crippen LogP contribution < -0.4 is 4.90 Å². The molecule has 0 saturated heterocycles. The molecule has 0 aromatic carbocycles. The quantitative estimate of drug-likeness (QED) is 0.445. The summed E-state index contributed by atoms with van der Waals surface area (Å²) in [7, 11) is 0. The molecular formula is C13H16N4O4. The lowest BCUT2D eigenvalue weighted by Gasteiger charge is -2.26. The molecule has 0 spiro atoms. The molecule has 0 aliphatic carbocycles. The van der Waals surface area contributed by atoms with E-state index in [1.165, 1.54) is 11.1 Å². The lowest BCUT2D eigenvalue weighted by Crippen LogP contribution is -2.37. The molecule has 1 rings (SSSR count). The molecular weight excluding hydrogens is 276 g/mol. The van der Waals surface area contributed by atoms with E-state index in [0.29, 0.717) is 0 Å². The van der Waals surface area contributed by atoms with Crippen molar-refractivity contribution in [2.75, 3.05) is 18.1 Å². The lowest BCUT2D eigenvalue weighted by molar-refractivity contribution is -0.384. The van der Waals surface area contributed by atoms with Gasteiger partial charge in [-0.2, -0.15) is 5.26 Å². The number of esters is 1. The van der Waals surface area contributed by atoms with E-state index >= 15 is 0 Å². The van der Waals surface area contributed by atoms with Crippen LogP contribution in [0.5, 0.6) is 0 Å². The third-order valence-corrected chi connectivity index (χ3v) is 2.67. The van der Waals surface area contributed by atoms with E-state index in [1.54, 1.807) is 26.8 Å². The summed E-state index contributed by atoms with van der Waals surface area (Å²) in [6.07, 6.45) is 1.24. The van der Waals surface area contributed by atoms with Gasteiger partial charge < -0.3 is 9.64 Å². The zero-order valence-electron chi connectivity index (χ0n) is 12.1. The first-order valence-electron chi connectivity index (χ1n) is 6.37.